The summed E-state index contributed by atoms with van der Waals surface area (Å²) < 4.78 is 5.42. The van der Waals surface area contributed by atoms with Crippen molar-refractivity contribution >= 4 is 5.91 Å². The second-order valence-electron chi connectivity index (χ2n) is 5.56. The summed E-state index contributed by atoms with van der Waals surface area (Å²) in [6, 6.07) is 0.581. The van der Waals surface area contributed by atoms with Crippen LogP contribution in [0.15, 0.2) is 0 Å². The van der Waals surface area contributed by atoms with Crippen molar-refractivity contribution in [1.82, 2.24) is 9.80 Å². The summed E-state index contributed by atoms with van der Waals surface area (Å²) in [5.74, 6) is 0.254. The Bertz CT molecular complexity index is 301. The largest absolute Gasteiger partial charge is 0.381 e. The van der Waals surface area contributed by atoms with E-state index in [0.717, 1.165) is 52.1 Å². The Balaban J connectivity index is 2.05. The Hall–Kier alpha value is -0.650. The minimum atomic E-state index is -0.0157. The Kier molecular flexibility index (Phi) is 5.19. The van der Waals surface area contributed by atoms with Gasteiger partial charge in [-0.2, -0.15) is 0 Å². The molecule has 2 atom stereocenters. The number of nitrogens with two attached hydrogens (primary N) is 1. The third-order valence-electron chi connectivity index (χ3n) is 4.39. The Labute approximate surface area is 116 Å². The van der Waals surface area contributed by atoms with Gasteiger partial charge < -0.3 is 15.4 Å². The normalized spacial score (nSPS) is 29.6. The fraction of sp³-hybridized carbons (Fsp3) is 0.929. The maximum absolute atomic E-state index is 12.6. The molecule has 1 amide bonds. The van der Waals surface area contributed by atoms with Crippen molar-refractivity contribution in [3.05, 3.63) is 0 Å². The van der Waals surface area contributed by atoms with E-state index >= 15 is 0 Å². The van der Waals surface area contributed by atoms with E-state index in [2.05, 4.69) is 4.90 Å². The van der Waals surface area contributed by atoms with Crippen LogP contribution in [-0.4, -0.2) is 66.7 Å². The van der Waals surface area contributed by atoms with Gasteiger partial charge in [-0.05, 0) is 33.1 Å². The summed E-state index contributed by atoms with van der Waals surface area (Å²) in [7, 11) is 0. The summed E-state index contributed by atoms with van der Waals surface area (Å²) >= 11 is 0. The highest BCUT2D eigenvalue weighted by Crippen LogP contribution is 2.26. The van der Waals surface area contributed by atoms with Gasteiger partial charge in [-0.3, -0.25) is 9.69 Å². The van der Waals surface area contributed by atoms with Gasteiger partial charge in [0.15, 0.2) is 0 Å². The first kappa shape index (κ1) is 14.8. The van der Waals surface area contributed by atoms with Crippen LogP contribution in [0.1, 0.15) is 33.1 Å². The number of carbonyl (C=O) groups is 1. The molecule has 0 aromatic carbocycles. The van der Waals surface area contributed by atoms with Crippen LogP contribution in [0.3, 0.4) is 0 Å². The Morgan fingerprint density at radius 2 is 1.95 bits per heavy atom. The summed E-state index contributed by atoms with van der Waals surface area (Å²) in [5.41, 5.74) is 6.10. The number of carbonyl (C=O) groups excluding carboxylic acids is 1. The van der Waals surface area contributed by atoms with Gasteiger partial charge in [0.2, 0.25) is 5.91 Å². The van der Waals surface area contributed by atoms with E-state index in [0.29, 0.717) is 6.04 Å². The molecule has 0 spiro atoms. The summed E-state index contributed by atoms with van der Waals surface area (Å²) in [6.07, 6.45) is 2.84. The molecule has 0 saturated carbocycles. The quantitative estimate of drug-likeness (QED) is 0.804. The van der Waals surface area contributed by atoms with E-state index in [1.807, 2.05) is 18.7 Å². The van der Waals surface area contributed by atoms with Crippen LogP contribution in [0, 0.1) is 0 Å². The Morgan fingerprint density at radius 1 is 1.32 bits per heavy atom. The first-order chi connectivity index (χ1) is 9.17. The van der Waals surface area contributed by atoms with Crippen molar-refractivity contribution in [1.29, 1.82) is 0 Å². The van der Waals surface area contributed by atoms with E-state index in [1.165, 1.54) is 0 Å². The molecule has 2 heterocycles. The zero-order valence-electron chi connectivity index (χ0n) is 12.2. The summed E-state index contributed by atoms with van der Waals surface area (Å²) in [5, 5.41) is 0. The average Bonchev–Trinajstić information content (AvgIpc) is 2.83. The van der Waals surface area contributed by atoms with Crippen LogP contribution < -0.4 is 5.73 Å². The lowest BCUT2D eigenvalue weighted by molar-refractivity contribution is -0.137. The standard InChI is InChI=1S/C14H27N3O2/c1-3-16(4-2)14(18)13-9-11(15)10-17(13)12-5-7-19-8-6-12/h11-13H,3-10,15H2,1-2H3/t11-,13+/m1/s1. The molecule has 110 valence electrons. The van der Waals surface area contributed by atoms with Gasteiger partial charge in [-0.25, -0.2) is 0 Å². The molecule has 0 radical (unpaired) electrons. The number of likely N-dealkylation sites (tertiary alicyclic amines) is 1. The lowest BCUT2D eigenvalue weighted by Crippen LogP contribution is -2.50. The number of likely N-dealkylation sites (N-methyl/N-ethyl adjacent to an activating group) is 1. The van der Waals surface area contributed by atoms with Crippen molar-refractivity contribution in [3.63, 3.8) is 0 Å². The zero-order valence-corrected chi connectivity index (χ0v) is 12.2. The van der Waals surface area contributed by atoms with Gasteiger partial charge in [-0.15, -0.1) is 0 Å². The van der Waals surface area contributed by atoms with Crippen molar-refractivity contribution in [2.45, 2.75) is 51.2 Å². The fourth-order valence-electron chi connectivity index (χ4n) is 3.30. The second kappa shape index (κ2) is 6.68. The predicted molar refractivity (Wildman–Crippen MR) is 74.9 cm³/mol. The van der Waals surface area contributed by atoms with Gasteiger partial charge in [-0.1, -0.05) is 0 Å². The van der Waals surface area contributed by atoms with Crippen molar-refractivity contribution < 1.29 is 9.53 Å². The monoisotopic (exact) mass is 269 g/mol. The molecule has 2 aliphatic heterocycles. The first-order valence-corrected chi connectivity index (χ1v) is 7.55. The van der Waals surface area contributed by atoms with Gasteiger partial charge >= 0.3 is 0 Å². The van der Waals surface area contributed by atoms with Crippen LogP contribution >= 0.6 is 0 Å². The highest BCUT2D eigenvalue weighted by molar-refractivity contribution is 5.82. The van der Waals surface area contributed by atoms with Crippen LogP contribution in [0.5, 0.6) is 0 Å². The highest BCUT2D eigenvalue weighted by Gasteiger charge is 2.40. The number of hydrogen-bond donors (Lipinski definition) is 1. The molecule has 2 saturated heterocycles. The molecule has 19 heavy (non-hydrogen) atoms. The molecule has 0 aliphatic carbocycles. The average molecular weight is 269 g/mol. The minimum Gasteiger partial charge on any atom is -0.381 e. The summed E-state index contributed by atoms with van der Waals surface area (Å²) in [4.78, 5) is 16.9. The van der Waals surface area contributed by atoms with E-state index in [1.54, 1.807) is 0 Å². The minimum absolute atomic E-state index is 0.0157. The first-order valence-electron chi connectivity index (χ1n) is 7.55. The Morgan fingerprint density at radius 3 is 2.53 bits per heavy atom. The molecule has 5 nitrogen and oxygen atoms in total. The van der Waals surface area contributed by atoms with E-state index in [-0.39, 0.29) is 18.0 Å². The molecular weight excluding hydrogens is 242 g/mol. The summed E-state index contributed by atoms with van der Waals surface area (Å²) in [6.45, 7) is 8.10. The van der Waals surface area contributed by atoms with E-state index in [9.17, 15) is 4.79 Å². The van der Waals surface area contributed by atoms with Gasteiger partial charge in [0.05, 0.1) is 6.04 Å². The topological polar surface area (TPSA) is 58.8 Å². The lowest BCUT2D eigenvalue weighted by Gasteiger charge is -2.36. The maximum Gasteiger partial charge on any atom is 0.239 e. The maximum atomic E-state index is 12.6. The van der Waals surface area contributed by atoms with Crippen LogP contribution in [0.2, 0.25) is 0 Å². The van der Waals surface area contributed by atoms with Gasteiger partial charge in [0.25, 0.3) is 0 Å². The van der Waals surface area contributed by atoms with Gasteiger partial charge in [0.1, 0.15) is 0 Å². The van der Waals surface area contributed by atoms with Crippen LogP contribution in [-0.2, 0) is 9.53 Å². The number of rotatable bonds is 4. The number of hydrogen-bond acceptors (Lipinski definition) is 4. The third kappa shape index (κ3) is 3.27. The molecule has 0 bridgehead atoms. The van der Waals surface area contributed by atoms with Crippen molar-refractivity contribution in [2.24, 2.45) is 5.73 Å². The van der Waals surface area contributed by atoms with E-state index in [4.69, 9.17) is 10.5 Å². The number of ether oxygens (including phenoxy) is 1. The molecule has 0 unspecified atom stereocenters. The third-order valence-corrected chi connectivity index (χ3v) is 4.39. The smallest absolute Gasteiger partial charge is 0.239 e. The van der Waals surface area contributed by atoms with Crippen LogP contribution in [0.4, 0.5) is 0 Å². The van der Waals surface area contributed by atoms with Crippen molar-refractivity contribution in [2.75, 3.05) is 32.8 Å². The number of amides is 1. The second-order valence-corrected chi connectivity index (χ2v) is 5.56. The lowest BCUT2D eigenvalue weighted by atomic mass is 10.1. The van der Waals surface area contributed by atoms with Crippen LogP contribution in [0.25, 0.3) is 0 Å². The molecule has 0 aromatic heterocycles. The highest BCUT2D eigenvalue weighted by atomic mass is 16.5. The van der Waals surface area contributed by atoms with Crippen molar-refractivity contribution in [3.8, 4) is 0 Å². The van der Waals surface area contributed by atoms with Gasteiger partial charge in [0, 0.05) is 44.9 Å². The molecule has 2 N–H and O–H groups in total. The predicted octanol–water partition coefficient (Wildman–Crippen LogP) is 0.435. The molecular formula is C14H27N3O2. The SMILES string of the molecule is CCN(CC)C(=O)[C@@H]1C[C@@H](N)CN1C1CCOCC1. The number of nitrogens with zero attached hydrogens (tertiary/aromatic N) is 2. The molecule has 2 fully saturated rings. The molecule has 2 rings (SSSR count). The fourth-order valence-corrected chi connectivity index (χ4v) is 3.30. The zero-order chi connectivity index (χ0) is 13.8. The molecule has 5 heteroatoms. The molecule has 2 aliphatic rings. The van der Waals surface area contributed by atoms with E-state index < -0.39 is 0 Å². The molecule has 0 aromatic rings.